The first-order valence-corrected chi connectivity index (χ1v) is 9.80. The van der Waals surface area contributed by atoms with Gasteiger partial charge in [-0.3, -0.25) is 15.4 Å². The van der Waals surface area contributed by atoms with Crippen LogP contribution in [0, 0.1) is 6.92 Å². The smallest absolute Gasteiger partial charge is 0.356 e. The van der Waals surface area contributed by atoms with Gasteiger partial charge < -0.3 is 21.7 Å². The van der Waals surface area contributed by atoms with Crippen molar-refractivity contribution >= 4 is 22.8 Å². The molecule has 3 aromatic rings. The molecule has 6 nitrogen and oxygen atoms in total. The number of hydrogen-bond acceptors (Lipinski definition) is 4. The molecular formula is C22H27BrN4O2. The molecule has 1 saturated heterocycles. The number of nitrogens with zero attached hydrogens (tertiary/aromatic N) is 3. The monoisotopic (exact) mass is 458 g/mol. The van der Waals surface area contributed by atoms with Crippen molar-refractivity contribution in [2.45, 2.75) is 20.0 Å². The number of halogens is 1. The normalized spacial score (nSPS) is 14.7. The molecule has 0 bridgehead atoms. The molecule has 2 heterocycles. The van der Waals surface area contributed by atoms with E-state index in [-0.39, 0.29) is 29.3 Å². The first kappa shape index (κ1) is 21.5. The first-order valence-electron chi connectivity index (χ1n) is 9.80. The number of fused-ring (bicyclic) bond motifs is 1. The lowest BCUT2D eigenvalue weighted by Gasteiger charge is -2.25. The quantitative estimate of drug-likeness (QED) is 0.381. The van der Waals surface area contributed by atoms with E-state index in [0.717, 1.165) is 56.0 Å². The summed E-state index contributed by atoms with van der Waals surface area (Å²) in [4.78, 5) is 15.2. The van der Waals surface area contributed by atoms with Crippen molar-refractivity contribution in [3.8, 4) is 0 Å². The van der Waals surface area contributed by atoms with Crippen molar-refractivity contribution in [2.24, 2.45) is 0 Å². The van der Waals surface area contributed by atoms with Crippen LogP contribution in [-0.2, 0) is 17.8 Å². The van der Waals surface area contributed by atoms with Crippen LogP contribution in [0.4, 0.5) is 5.95 Å². The second kappa shape index (κ2) is 9.52. The molecule has 0 spiro atoms. The molecule has 1 aliphatic heterocycles. The summed E-state index contributed by atoms with van der Waals surface area (Å²) in [7, 11) is 0. The molecule has 4 rings (SSSR count). The van der Waals surface area contributed by atoms with E-state index in [2.05, 4.69) is 15.5 Å². The summed E-state index contributed by atoms with van der Waals surface area (Å²) >= 11 is 0. The molecule has 0 aliphatic carbocycles. The molecule has 1 aliphatic rings. The van der Waals surface area contributed by atoms with Crippen LogP contribution in [-0.4, -0.2) is 48.1 Å². The number of nitrogens with two attached hydrogens (primary N) is 1. The molecule has 0 atom stereocenters. The molecular weight excluding hydrogens is 432 g/mol. The van der Waals surface area contributed by atoms with Crippen molar-refractivity contribution in [1.82, 2.24) is 9.47 Å². The molecule has 0 saturated carbocycles. The van der Waals surface area contributed by atoms with Crippen LogP contribution in [0.2, 0.25) is 0 Å². The summed E-state index contributed by atoms with van der Waals surface area (Å²) in [5, 5.41) is 0. The molecule has 0 radical (unpaired) electrons. The number of carbonyl (C=O) groups excluding carboxylic acids is 1. The lowest BCUT2D eigenvalue weighted by Crippen LogP contribution is -3.00. The fourth-order valence-corrected chi connectivity index (χ4v) is 3.75. The number of ether oxygens (including phenoxy) is 1. The van der Waals surface area contributed by atoms with Crippen molar-refractivity contribution in [1.29, 1.82) is 0 Å². The fourth-order valence-electron chi connectivity index (χ4n) is 3.75. The first-order chi connectivity index (χ1) is 13.6. The topological polar surface area (TPSA) is 64.4 Å². The van der Waals surface area contributed by atoms with Crippen LogP contribution in [0.3, 0.4) is 0 Å². The van der Waals surface area contributed by atoms with Crippen LogP contribution in [0.15, 0.2) is 48.5 Å². The van der Waals surface area contributed by atoms with Gasteiger partial charge in [0, 0.05) is 25.2 Å². The van der Waals surface area contributed by atoms with Gasteiger partial charge >= 0.3 is 5.95 Å². The van der Waals surface area contributed by atoms with Gasteiger partial charge in [-0.1, -0.05) is 42.0 Å². The average Bonchev–Trinajstić information content (AvgIpc) is 2.99. The van der Waals surface area contributed by atoms with Gasteiger partial charge in [0.05, 0.1) is 19.8 Å². The van der Waals surface area contributed by atoms with Gasteiger partial charge in [0.25, 0.3) is 0 Å². The summed E-state index contributed by atoms with van der Waals surface area (Å²) in [6, 6.07) is 15.8. The van der Waals surface area contributed by atoms with Crippen LogP contribution < -0.4 is 27.3 Å². The summed E-state index contributed by atoms with van der Waals surface area (Å²) in [6.07, 6.45) is 0. The van der Waals surface area contributed by atoms with Crippen LogP contribution in [0.5, 0.6) is 0 Å². The largest absolute Gasteiger partial charge is 1.00 e. The zero-order valence-electron chi connectivity index (χ0n) is 16.7. The Labute approximate surface area is 181 Å². The summed E-state index contributed by atoms with van der Waals surface area (Å²) < 4.78 is 9.47. The highest BCUT2D eigenvalue weighted by Gasteiger charge is 2.23. The third kappa shape index (κ3) is 4.69. The van der Waals surface area contributed by atoms with Gasteiger partial charge in [0.2, 0.25) is 0 Å². The van der Waals surface area contributed by atoms with E-state index in [1.54, 1.807) is 0 Å². The van der Waals surface area contributed by atoms with Crippen molar-refractivity contribution in [2.75, 3.05) is 38.6 Å². The van der Waals surface area contributed by atoms with Crippen molar-refractivity contribution in [3.63, 3.8) is 0 Å². The van der Waals surface area contributed by atoms with E-state index >= 15 is 0 Å². The maximum Gasteiger partial charge on any atom is 0.356 e. The molecule has 2 N–H and O–H groups in total. The van der Waals surface area contributed by atoms with Gasteiger partial charge in [-0.25, -0.2) is 9.13 Å². The lowest BCUT2D eigenvalue weighted by molar-refractivity contribution is -0.642. The van der Waals surface area contributed by atoms with Gasteiger partial charge in [-0.2, -0.15) is 0 Å². The minimum atomic E-state index is 0. The lowest BCUT2D eigenvalue weighted by atomic mass is 10.1. The van der Waals surface area contributed by atoms with Gasteiger partial charge in [-0.05, 0) is 19.1 Å². The molecule has 0 unspecified atom stereocenters. The third-order valence-corrected chi connectivity index (χ3v) is 5.44. The number of rotatable bonds is 6. The van der Waals surface area contributed by atoms with Gasteiger partial charge in [-0.15, -0.1) is 0 Å². The minimum Gasteiger partial charge on any atom is -1.00 e. The predicted octanol–water partition coefficient (Wildman–Crippen LogP) is -0.961. The summed E-state index contributed by atoms with van der Waals surface area (Å²) in [6.45, 7) is 7.43. The Hall–Kier alpha value is -2.22. The zero-order valence-corrected chi connectivity index (χ0v) is 18.3. The predicted molar refractivity (Wildman–Crippen MR) is 109 cm³/mol. The number of Topliss-reactive ketones (excluding diaryl/α,β-unsaturated/α-hetero) is 1. The van der Waals surface area contributed by atoms with E-state index in [0.29, 0.717) is 11.5 Å². The molecule has 7 heteroatoms. The standard InChI is InChI=1S/C22H26N4O2.BrH/c1-17-6-8-18(9-7-17)21(27)16-26-20-5-3-2-4-19(20)25(22(26)23)11-10-24-12-14-28-15-13-24;/h2-9,23H,10-16H2,1H3;1H. The number of hydrogen-bond donors (Lipinski definition) is 1. The fraction of sp³-hybridized carbons (Fsp3) is 0.364. The van der Waals surface area contributed by atoms with Crippen LogP contribution >= 0.6 is 0 Å². The third-order valence-electron chi connectivity index (χ3n) is 5.44. The van der Waals surface area contributed by atoms with E-state index < -0.39 is 0 Å². The number of imidazole rings is 1. The second-order valence-electron chi connectivity index (χ2n) is 7.33. The Bertz CT molecular complexity index is 978. The number of ketones is 1. The number of nitrogen functional groups attached to an aromatic ring is 1. The van der Waals surface area contributed by atoms with Crippen molar-refractivity contribution in [3.05, 3.63) is 59.7 Å². The molecule has 29 heavy (non-hydrogen) atoms. The number of para-hydroxylation sites is 2. The average molecular weight is 459 g/mol. The van der Waals surface area contributed by atoms with E-state index in [9.17, 15) is 4.79 Å². The Morgan fingerprint density at radius 2 is 1.76 bits per heavy atom. The van der Waals surface area contributed by atoms with Crippen molar-refractivity contribution < 1.29 is 31.1 Å². The molecule has 1 aromatic heterocycles. The van der Waals surface area contributed by atoms with Gasteiger partial charge in [0.15, 0.2) is 5.78 Å². The second-order valence-corrected chi connectivity index (χ2v) is 7.33. The number of carbonyl (C=O) groups is 1. The Morgan fingerprint density at radius 3 is 2.48 bits per heavy atom. The molecule has 2 aromatic carbocycles. The van der Waals surface area contributed by atoms with E-state index in [1.807, 2.05) is 54.0 Å². The minimum absolute atomic E-state index is 0. The number of aromatic nitrogens is 2. The Kier molecular flexibility index (Phi) is 7.05. The highest BCUT2D eigenvalue weighted by Crippen LogP contribution is 2.17. The maximum atomic E-state index is 12.8. The SMILES string of the molecule is Cc1ccc(C(=O)C[n+]2c(N)n(CCN3CCOCC3)c3ccccc32)cc1.[Br-]. The van der Waals surface area contributed by atoms with Crippen LogP contribution in [0.25, 0.3) is 11.0 Å². The molecule has 0 amide bonds. The highest BCUT2D eigenvalue weighted by molar-refractivity contribution is 5.95. The number of aryl methyl sites for hydroxylation is 1. The molecule has 1 fully saturated rings. The maximum absolute atomic E-state index is 12.8. The summed E-state index contributed by atoms with van der Waals surface area (Å²) in [5.41, 5.74) is 10.4. The highest BCUT2D eigenvalue weighted by atomic mass is 79.9. The summed E-state index contributed by atoms with van der Waals surface area (Å²) in [5.74, 6) is 0.683. The molecule has 154 valence electrons. The van der Waals surface area contributed by atoms with E-state index in [1.165, 1.54) is 0 Å². The zero-order chi connectivity index (χ0) is 19.5. The van der Waals surface area contributed by atoms with Crippen LogP contribution in [0.1, 0.15) is 15.9 Å². The number of morpholine rings is 1. The number of benzene rings is 2. The Morgan fingerprint density at radius 1 is 1.07 bits per heavy atom. The number of anilines is 1. The van der Waals surface area contributed by atoms with E-state index in [4.69, 9.17) is 10.5 Å². The van der Waals surface area contributed by atoms with Gasteiger partial charge in [0.1, 0.15) is 17.6 Å². The Balaban J connectivity index is 0.00000240.